The molecular formula is C25H29NO5. The van der Waals surface area contributed by atoms with Gasteiger partial charge in [-0.15, -0.1) is 0 Å². The molecular weight excluding hydrogens is 394 g/mol. The van der Waals surface area contributed by atoms with E-state index in [9.17, 15) is 14.7 Å². The lowest BCUT2D eigenvalue weighted by atomic mass is 9.92. The first-order chi connectivity index (χ1) is 15.0. The Bertz CT molecular complexity index is 988. The Morgan fingerprint density at radius 3 is 2.23 bits per heavy atom. The van der Waals surface area contributed by atoms with Gasteiger partial charge < -0.3 is 19.5 Å². The normalized spacial score (nSPS) is 17.8. The Morgan fingerprint density at radius 1 is 1.00 bits per heavy atom. The Labute approximate surface area is 183 Å². The zero-order chi connectivity index (χ0) is 22.5. The summed E-state index contributed by atoms with van der Waals surface area (Å²) in [4.78, 5) is 27.8. The summed E-state index contributed by atoms with van der Waals surface area (Å²) in [5, 5.41) is 11.4. The summed E-state index contributed by atoms with van der Waals surface area (Å²) in [5.74, 6) is -0.871. The molecule has 1 atom stereocenters. The number of hydrogen-bond acceptors (Lipinski definition) is 5. The Morgan fingerprint density at radius 2 is 1.65 bits per heavy atom. The van der Waals surface area contributed by atoms with Crippen LogP contribution in [0.15, 0.2) is 48.0 Å². The van der Waals surface area contributed by atoms with Crippen LogP contribution in [0, 0.1) is 6.92 Å². The summed E-state index contributed by atoms with van der Waals surface area (Å²) in [5.41, 5.74) is 2.07. The highest BCUT2D eigenvalue weighted by atomic mass is 16.5. The van der Waals surface area contributed by atoms with Gasteiger partial charge in [0.25, 0.3) is 11.7 Å². The molecule has 1 unspecified atom stereocenters. The van der Waals surface area contributed by atoms with E-state index in [1.807, 2.05) is 31.2 Å². The van der Waals surface area contributed by atoms with E-state index in [-0.39, 0.29) is 16.9 Å². The standard InChI is InChI=1S/C25H29NO5/c1-5-6-9-15-26-22(17-12-8-7-11-16(17)2)21(24(28)25(26)29)23(27)20-18(30-3)13-10-14-19(20)31-4/h7-8,10-14,22,27H,5-6,9,15H2,1-4H3/b23-21+. The lowest BCUT2D eigenvalue weighted by molar-refractivity contribution is -0.139. The van der Waals surface area contributed by atoms with Crippen molar-refractivity contribution in [2.45, 2.75) is 39.2 Å². The Kier molecular flexibility index (Phi) is 7.00. The number of ether oxygens (including phenoxy) is 2. The summed E-state index contributed by atoms with van der Waals surface area (Å²) in [6.45, 7) is 4.46. The number of likely N-dealkylation sites (tertiary alicyclic amines) is 1. The van der Waals surface area contributed by atoms with Gasteiger partial charge in [0.05, 0.1) is 25.8 Å². The number of methoxy groups -OCH3 is 2. The van der Waals surface area contributed by atoms with Crippen molar-refractivity contribution in [2.75, 3.05) is 20.8 Å². The van der Waals surface area contributed by atoms with E-state index in [4.69, 9.17) is 9.47 Å². The van der Waals surface area contributed by atoms with E-state index >= 15 is 0 Å². The first-order valence-corrected chi connectivity index (χ1v) is 10.5. The minimum absolute atomic E-state index is 0.0543. The van der Waals surface area contributed by atoms with Crippen molar-refractivity contribution in [3.05, 3.63) is 64.7 Å². The van der Waals surface area contributed by atoms with E-state index in [0.29, 0.717) is 18.0 Å². The summed E-state index contributed by atoms with van der Waals surface area (Å²) < 4.78 is 10.8. The predicted molar refractivity (Wildman–Crippen MR) is 119 cm³/mol. The number of aliphatic hydroxyl groups is 1. The van der Waals surface area contributed by atoms with Crippen LogP contribution in [0.5, 0.6) is 11.5 Å². The van der Waals surface area contributed by atoms with Gasteiger partial charge in [-0.25, -0.2) is 0 Å². The van der Waals surface area contributed by atoms with Crippen molar-refractivity contribution in [1.82, 2.24) is 4.90 Å². The van der Waals surface area contributed by atoms with Crippen LogP contribution in [0.1, 0.15) is 48.9 Å². The summed E-state index contributed by atoms with van der Waals surface area (Å²) in [6, 6.07) is 12.0. The van der Waals surface area contributed by atoms with Crippen molar-refractivity contribution in [1.29, 1.82) is 0 Å². The van der Waals surface area contributed by atoms with Crippen LogP contribution in [0.4, 0.5) is 0 Å². The maximum atomic E-state index is 13.2. The number of carbonyl (C=O) groups is 2. The second-order valence-electron chi connectivity index (χ2n) is 7.59. The minimum Gasteiger partial charge on any atom is -0.506 e. The highest BCUT2D eigenvalue weighted by Gasteiger charge is 2.46. The highest BCUT2D eigenvalue weighted by Crippen LogP contribution is 2.44. The molecule has 0 saturated carbocycles. The van der Waals surface area contributed by atoms with Gasteiger partial charge >= 0.3 is 0 Å². The van der Waals surface area contributed by atoms with Crippen molar-refractivity contribution in [2.24, 2.45) is 0 Å². The fourth-order valence-corrected chi connectivity index (χ4v) is 4.08. The molecule has 6 heteroatoms. The lowest BCUT2D eigenvalue weighted by Crippen LogP contribution is -2.31. The molecule has 0 aliphatic carbocycles. The SMILES string of the molecule is CCCCCN1C(=O)C(=O)/C(=C(/O)c2c(OC)cccc2OC)C1c1ccccc1C. The molecule has 0 bridgehead atoms. The molecule has 3 rings (SSSR count). The molecule has 1 aliphatic heterocycles. The monoisotopic (exact) mass is 423 g/mol. The van der Waals surface area contributed by atoms with Gasteiger partial charge in [0.1, 0.15) is 22.8 Å². The molecule has 1 saturated heterocycles. The number of aliphatic hydroxyl groups excluding tert-OH is 1. The van der Waals surface area contributed by atoms with Crippen LogP contribution in [0.3, 0.4) is 0 Å². The van der Waals surface area contributed by atoms with E-state index in [1.54, 1.807) is 23.1 Å². The number of hydrogen-bond donors (Lipinski definition) is 1. The molecule has 1 N–H and O–H groups in total. The fourth-order valence-electron chi connectivity index (χ4n) is 4.08. The van der Waals surface area contributed by atoms with Gasteiger partial charge in [0.15, 0.2) is 0 Å². The molecule has 2 aromatic carbocycles. The summed E-state index contributed by atoms with van der Waals surface area (Å²) in [6.07, 6.45) is 2.73. The second-order valence-corrected chi connectivity index (χ2v) is 7.59. The van der Waals surface area contributed by atoms with Crippen LogP contribution in [-0.2, 0) is 9.59 Å². The number of carbonyl (C=O) groups excluding carboxylic acids is 2. The van der Waals surface area contributed by atoms with Crippen LogP contribution < -0.4 is 9.47 Å². The molecule has 0 spiro atoms. The van der Waals surface area contributed by atoms with Crippen molar-refractivity contribution >= 4 is 17.4 Å². The lowest BCUT2D eigenvalue weighted by Gasteiger charge is -2.26. The van der Waals surface area contributed by atoms with Gasteiger partial charge in [-0.2, -0.15) is 0 Å². The third-order valence-corrected chi connectivity index (χ3v) is 5.69. The number of nitrogens with zero attached hydrogens (tertiary/aromatic N) is 1. The number of amides is 1. The van der Waals surface area contributed by atoms with Gasteiger partial charge in [-0.05, 0) is 36.6 Å². The average molecular weight is 424 g/mol. The maximum Gasteiger partial charge on any atom is 0.295 e. The number of benzene rings is 2. The molecule has 1 fully saturated rings. The summed E-state index contributed by atoms with van der Waals surface area (Å²) in [7, 11) is 2.96. The topological polar surface area (TPSA) is 76.1 Å². The highest BCUT2D eigenvalue weighted by molar-refractivity contribution is 6.46. The largest absolute Gasteiger partial charge is 0.506 e. The third-order valence-electron chi connectivity index (χ3n) is 5.69. The zero-order valence-electron chi connectivity index (χ0n) is 18.5. The van der Waals surface area contributed by atoms with Crippen LogP contribution in [-0.4, -0.2) is 42.5 Å². The van der Waals surface area contributed by atoms with Gasteiger partial charge in [0, 0.05) is 6.54 Å². The quantitative estimate of drug-likeness (QED) is 0.290. The molecule has 1 amide bonds. The van der Waals surface area contributed by atoms with Crippen LogP contribution >= 0.6 is 0 Å². The Balaban J connectivity index is 2.25. The molecule has 2 aromatic rings. The van der Waals surface area contributed by atoms with Crippen molar-refractivity contribution in [3.63, 3.8) is 0 Å². The first kappa shape index (κ1) is 22.4. The zero-order valence-corrected chi connectivity index (χ0v) is 18.5. The summed E-state index contributed by atoms with van der Waals surface area (Å²) >= 11 is 0. The fraction of sp³-hybridized carbons (Fsp3) is 0.360. The van der Waals surface area contributed by atoms with E-state index in [2.05, 4.69) is 6.92 Å². The number of aryl methyl sites for hydroxylation is 1. The number of unbranched alkanes of at least 4 members (excludes halogenated alkanes) is 2. The maximum absolute atomic E-state index is 13.2. The van der Waals surface area contributed by atoms with Gasteiger partial charge in [-0.1, -0.05) is 50.1 Å². The molecule has 1 heterocycles. The number of ketones is 1. The van der Waals surface area contributed by atoms with Gasteiger partial charge in [-0.3, -0.25) is 9.59 Å². The number of rotatable bonds is 8. The molecule has 6 nitrogen and oxygen atoms in total. The Hall–Kier alpha value is -3.28. The molecule has 1 aliphatic rings. The number of Topliss-reactive ketones (excluding diaryl/α,β-unsaturated/α-hetero) is 1. The van der Waals surface area contributed by atoms with E-state index in [1.165, 1.54) is 14.2 Å². The molecule has 31 heavy (non-hydrogen) atoms. The molecule has 0 aromatic heterocycles. The van der Waals surface area contributed by atoms with Crippen molar-refractivity contribution < 1.29 is 24.2 Å². The average Bonchev–Trinajstić information content (AvgIpc) is 3.03. The second kappa shape index (κ2) is 9.69. The minimum atomic E-state index is -0.699. The smallest absolute Gasteiger partial charge is 0.295 e. The molecule has 0 radical (unpaired) electrons. The van der Waals surface area contributed by atoms with Crippen LogP contribution in [0.2, 0.25) is 0 Å². The van der Waals surface area contributed by atoms with E-state index in [0.717, 1.165) is 30.4 Å². The first-order valence-electron chi connectivity index (χ1n) is 10.5. The van der Waals surface area contributed by atoms with Crippen LogP contribution in [0.25, 0.3) is 5.76 Å². The van der Waals surface area contributed by atoms with Crippen molar-refractivity contribution in [3.8, 4) is 11.5 Å². The van der Waals surface area contributed by atoms with Gasteiger partial charge in [0.2, 0.25) is 0 Å². The van der Waals surface area contributed by atoms with E-state index < -0.39 is 17.7 Å². The third kappa shape index (κ3) is 4.15. The predicted octanol–water partition coefficient (Wildman–Crippen LogP) is 4.62. The molecule has 164 valence electrons.